The molecule has 2 N–H and O–H groups in total. The lowest BCUT2D eigenvalue weighted by Crippen LogP contribution is -2.41. The largest absolute Gasteiger partial charge is 0.497 e. The van der Waals surface area contributed by atoms with Crippen LogP contribution >= 0.6 is 0 Å². The van der Waals surface area contributed by atoms with E-state index in [2.05, 4.69) is 10.0 Å². The van der Waals surface area contributed by atoms with Crippen LogP contribution in [-0.2, 0) is 30.8 Å². The van der Waals surface area contributed by atoms with Crippen LogP contribution in [0.25, 0.3) is 0 Å². The van der Waals surface area contributed by atoms with E-state index in [-0.39, 0.29) is 4.90 Å². The summed E-state index contributed by atoms with van der Waals surface area (Å²) in [7, 11) is 0.598. The summed E-state index contributed by atoms with van der Waals surface area (Å²) >= 11 is 0. The molecule has 180 valence electrons. The topological polar surface area (TPSA) is 129 Å². The van der Waals surface area contributed by atoms with Gasteiger partial charge in [0.15, 0.2) is 18.1 Å². The summed E-state index contributed by atoms with van der Waals surface area (Å²) in [5.74, 6) is 0.310. The highest BCUT2D eigenvalue weighted by Crippen LogP contribution is 2.27. The van der Waals surface area contributed by atoms with Crippen LogP contribution in [0.3, 0.4) is 0 Å². The third-order valence-corrected chi connectivity index (χ3v) is 6.14. The molecule has 10 nitrogen and oxygen atoms in total. The number of carbonyl (C=O) groups excluding carboxylic acids is 2. The summed E-state index contributed by atoms with van der Waals surface area (Å²) in [5.41, 5.74) is 0.923. The number of carbonyl (C=O) groups is 2. The van der Waals surface area contributed by atoms with E-state index in [1.807, 2.05) is 12.1 Å². The van der Waals surface area contributed by atoms with E-state index in [4.69, 9.17) is 18.9 Å². The van der Waals surface area contributed by atoms with Gasteiger partial charge in [0.25, 0.3) is 5.91 Å². The number of nitrogens with one attached hydrogen (secondary N) is 2. The first-order valence-corrected chi connectivity index (χ1v) is 11.5. The van der Waals surface area contributed by atoms with Crippen LogP contribution in [0.4, 0.5) is 0 Å². The molecule has 0 aliphatic carbocycles. The second-order valence-corrected chi connectivity index (χ2v) is 8.63. The number of rotatable bonds is 12. The Hall–Kier alpha value is -3.31. The minimum atomic E-state index is -3.95. The summed E-state index contributed by atoms with van der Waals surface area (Å²) in [6, 6.07) is 9.93. The van der Waals surface area contributed by atoms with Crippen molar-refractivity contribution in [1.29, 1.82) is 0 Å². The number of ether oxygens (including phenoxy) is 4. The first kappa shape index (κ1) is 25.9. The van der Waals surface area contributed by atoms with Crippen molar-refractivity contribution in [2.75, 3.05) is 34.5 Å². The normalized spacial score (nSPS) is 11.9. The van der Waals surface area contributed by atoms with Crippen LogP contribution in [0.5, 0.6) is 17.2 Å². The maximum absolute atomic E-state index is 12.4. The van der Waals surface area contributed by atoms with Gasteiger partial charge in [-0.05, 0) is 55.3 Å². The van der Waals surface area contributed by atoms with E-state index < -0.39 is 34.5 Å². The molecule has 0 radical (unpaired) electrons. The quantitative estimate of drug-likeness (QED) is 0.435. The minimum Gasteiger partial charge on any atom is -0.497 e. The number of hydrogen-bond acceptors (Lipinski definition) is 8. The van der Waals surface area contributed by atoms with Crippen LogP contribution in [0, 0.1) is 0 Å². The molecule has 0 spiro atoms. The molecule has 0 heterocycles. The predicted molar refractivity (Wildman–Crippen MR) is 120 cm³/mol. The first-order valence-electron chi connectivity index (χ1n) is 10.0. The third-order valence-electron chi connectivity index (χ3n) is 4.58. The predicted octanol–water partition coefficient (Wildman–Crippen LogP) is 1.28. The van der Waals surface area contributed by atoms with Crippen molar-refractivity contribution in [3.63, 3.8) is 0 Å². The number of esters is 1. The Morgan fingerprint density at radius 1 is 0.939 bits per heavy atom. The maximum Gasteiger partial charge on any atom is 0.324 e. The molecule has 0 saturated heterocycles. The Labute approximate surface area is 193 Å². The van der Waals surface area contributed by atoms with Crippen LogP contribution in [0.1, 0.15) is 12.5 Å². The summed E-state index contributed by atoms with van der Waals surface area (Å²) in [6.45, 7) is 1.11. The fourth-order valence-electron chi connectivity index (χ4n) is 2.80. The number of methoxy groups -OCH3 is 3. The van der Waals surface area contributed by atoms with Gasteiger partial charge in [-0.3, -0.25) is 9.59 Å². The average Bonchev–Trinajstić information content (AvgIpc) is 2.82. The van der Waals surface area contributed by atoms with Crippen molar-refractivity contribution in [1.82, 2.24) is 10.0 Å². The van der Waals surface area contributed by atoms with Gasteiger partial charge in [0.2, 0.25) is 10.0 Å². The highest BCUT2D eigenvalue weighted by molar-refractivity contribution is 7.89. The van der Waals surface area contributed by atoms with E-state index in [0.29, 0.717) is 30.2 Å². The molecular weight excluding hydrogens is 452 g/mol. The van der Waals surface area contributed by atoms with Crippen molar-refractivity contribution in [2.24, 2.45) is 0 Å². The van der Waals surface area contributed by atoms with Gasteiger partial charge in [0, 0.05) is 6.54 Å². The van der Waals surface area contributed by atoms with Gasteiger partial charge in [0.05, 0.1) is 26.2 Å². The highest BCUT2D eigenvalue weighted by Gasteiger charge is 2.23. The Kier molecular flexibility index (Phi) is 9.49. The SMILES string of the molecule is COc1ccc(S(=O)(=O)N[C@@H](C)C(=O)OCC(=O)NCCc2ccc(OC)c(OC)c2)cc1. The van der Waals surface area contributed by atoms with Gasteiger partial charge >= 0.3 is 5.97 Å². The molecule has 0 aliphatic rings. The van der Waals surface area contributed by atoms with Crippen LogP contribution < -0.4 is 24.2 Å². The molecule has 0 aromatic heterocycles. The van der Waals surface area contributed by atoms with Crippen LogP contribution in [-0.4, -0.2) is 60.8 Å². The number of benzene rings is 2. The first-order chi connectivity index (χ1) is 15.7. The molecule has 0 saturated carbocycles. The van der Waals surface area contributed by atoms with Gasteiger partial charge in [0.1, 0.15) is 11.8 Å². The van der Waals surface area contributed by atoms with Crippen molar-refractivity contribution < 1.29 is 37.0 Å². The van der Waals surface area contributed by atoms with E-state index in [1.165, 1.54) is 45.4 Å². The highest BCUT2D eigenvalue weighted by atomic mass is 32.2. The fourth-order valence-corrected chi connectivity index (χ4v) is 3.99. The second kappa shape index (κ2) is 12.1. The van der Waals surface area contributed by atoms with Gasteiger partial charge in [-0.25, -0.2) is 8.42 Å². The lowest BCUT2D eigenvalue weighted by atomic mass is 10.1. The van der Waals surface area contributed by atoms with E-state index in [0.717, 1.165) is 5.56 Å². The molecule has 0 unspecified atom stereocenters. The Bertz CT molecular complexity index is 1050. The molecule has 33 heavy (non-hydrogen) atoms. The van der Waals surface area contributed by atoms with Gasteiger partial charge in [-0.2, -0.15) is 4.72 Å². The average molecular weight is 481 g/mol. The van der Waals surface area contributed by atoms with Crippen LogP contribution in [0.15, 0.2) is 47.4 Å². The van der Waals surface area contributed by atoms with Crippen molar-refractivity contribution in [3.8, 4) is 17.2 Å². The minimum absolute atomic E-state index is 0.0316. The molecule has 2 aromatic carbocycles. The maximum atomic E-state index is 12.4. The zero-order valence-corrected chi connectivity index (χ0v) is 19.7. The van der Waals surface area contributed by atoms with Crippen molar-refractivity contribution in [3.05, 3.63) is 48.0 Å². The summed E-state index contributed by atoms with van der Waals surface area (Å²) in [4.78, 5) is 24.0. The second-order valence-electron chi connectivity index (χ2n) is 6.92. The Morgan fingerprint density at radius 2 is 1.61 bits per heavy atom. The molecule has 2 rings (SSSR count). The zero-order valence-electron chi connectivity index (χ0n) is 18.9. The van der Waals surface area contributed by atoms with Crippen molar-refractivity contribution in [2.45, 2.75) is 24.3 Å². The van der Waals surface area contributed by atoms with E-state index >= 15 is 0 Å². The Morgan fingerprint density at radius 3 is 2.21 bits per heavy atom. The molecule has 0 bridgehead atoms. The lowest BCUT2D eigenvalue weighted by Gasteiger charge is -2.14. The van der Waals surface area contributed by atoms with E-state index in [1.54, 1.807) is 13.2 Å². The molecule has 2 aromatic rings. The summed E-state index contributed by atoms with van der Waals surface area (Å²) < 4.78 is 47.3. The van der Waals surface area contributed by atoms with Gasteiger partial charge < -0.3 is 24.3 Å². The fraction of sp³-hybridized carbons (Fsp3) is 0.364. The van der Waals surface area contributed by atoms with Crippen molar-refractivity contribution >= 4 is 21.9 Å². The molecule has 0 fully saturated rings. The lowest BCUT2D eigenvalue weighted by molar-refractivity contribution is -0.149. The number of amides is 1. The molecule has 1 atom stereocenters. The van der Waals surface area contributed by atoms with E-state index in [9.17, 15) is 18.0 Å². The molecule has 0 aliphatic heterocycles. The number of hydrogen-bond donors (Lipinski definition) is 2. The smallest absolute Gasteiger partial charge is 0.324 e. The molecular formula is C22H28N2O8S. The zero-order chi connectivity index (χ0) is 24.4. The van der Waals surface area contributed by atoms with Gasteiger partial charge in [-0.15, -0.1) is 0 Å². The van der Waals surface area contributed by atoms with Gasteiger partial charge in [-0.1, -0.05) is 6.07 Å². The third kappa shape index (κ3) is 7.65. The summed E-state index contributed by atoms with van der Waals surface area (Å²) in [5, 5.41) is 2.64. The molecule has 11 heteroatoms. The summed E-state index contributed by atoms with van der Waals surface area (Å²) in [6.07, 6.45) is 0.526. The monoisotopic (exact) mass is 480 g/mol. The Balaban J connectivity index is 1.78. The molecule has 1 amide bonds. The number of sulfonamides is 1. The standard InChI is InChI=1S/C22H28N2O8S/c1-15(24-33(27,28)18-8-6-17(29-2)7-9-18)22(26)32-14-21(25)23-12-11-16-5-10-19(30-3)20(13-16)31-4/h5-10,13,15,24H,11-12,14H2,1-4H3,(H,23,25)/t15-/m0/s1. The van der Waals surface area contributed by atoms with Crippen LogP contribution in [0.2, 0.25) is 0 Å².